The van der Waals surface area contributed by atoms with Gasteiger partial charge in [0.05, 0.1) is 32.2 Å². The van der Waals surface area contributed by atoms with Crippen molar-refractivity contribution in [3.05, 3.63) is 94.9 Å². The average molecular weight is 663 g/mol. The van der Waals surface area contributed by atoms with Crippen molar-refractivity contribution in [1.82, 2.24) is 15.0 Å². The molecule has 1 aliphatic rings. The van der Waals surface area contributed by atoms with Gasteiger partial charge >= 0.3 is 0 Å². The standard InChI is InChI=1S/C31H30ClF3N4O7/c1-43-23-6-4-3-5-21(23)36-31(42)30(45-15-16-7-9-18(32)10-8-16)29-28(44-2)26(27(41)24(14-40)46-29)39-13-22(37-38-39)17-11-19(33)25(35)20(34)12-17/h3-13,24,26-30,40-41H,14-15H2,1-2H3,(H,36,42)/t24?,26?,27-,28?,29+,30-/m0/s1. The third-order valence-corrected chi connectivity index (χ3v) is 7.79. The zero-order valence-electron chi connectivity index (χ0n) is 24.5. The molecule has 4 aromatic rings. The molecule has 2 heterocycles. The van der Waals surface area contributed by atoms with Gasteiger partial charge in [0.1, 0.15) is 41.9 Å². The van der Waals surface area contributed by atoms with E-state index in [1.807, 2.05) is 0 Å². The topological polar surface area (TPSA) is 137 Å². The molecule has 1 amide bonds. The number of aliphatic hydroxyl groups excluding tert-OH is 2. The van der Waals surface area contributed by atoms with Crippen molar-refractivity contribution in [1.29, 1.82) is 0 Å². The number of rotatable bonds is 11. The minimum Gasteiger partial charge on any atom is -0.495 e. The van der Waals surface area contributed by atoms with Crippen LogP contribution in [0.4, 0.5) is 18.9 Å². The Balaban J connectivity index is 1.51. The van der Waals surface area contributed by atoms with Gasteiger partial charge < -0.3 is 34.5 Å². The van der Waals surface area contributed by atoms with Crippen LogP contribution < -0.4 is 10.1 Å². The van der Waals surface area contributed by atoms with Gasteiger partial charge in [-0.2, -0.15) is 0 Å². The first-order chi connectivity index (χ1) is 22.1. The predicted octanol–water partition coefficient (Wildman–Crippen LogP) is 3.93. The van der Waals surface area contributed by atoms with Gasteiger partial charge in [0.25, 0.3) is 5.91 Å². The minimum atomic E-state index is -1.64. The van der Waals surface area contributed by atoms with Crippen molar-refractivity contribution >= 4 is 23.2 Å². The molecule has 0 bridgehead atoms. The zero-order chi connectivity index (χ0) is 33.0. The number of ether oxygens (including phenoxy) is 4. The van der Waals surface area contributed by atoms with Gasteiger partial charge in [-0.25, -0.2) is 17.9 Å². The summed E-state index contributed by atoms with van der Waals surface area (Å²) in [5, 5.41) is 32.7. The molecular formula is C31H30ClF3N4O7. The van der Waals surface area contributed by atoms with E-state index in [1.165, 1.54) is 25.1 Å². The predicted molar refractivity (Wildman–Crippen MR) is 159 cm³/mol. The molecule has 5 rings (SSSR count). The Kier molecular flexibility index (Phi) is 10.6. The number of carbonyl (C=O) groups is 1. The van der Waals surface area contributed by atoms with Crippen LogP contribution in [0.5, 0.6) is 5.75 Å². The maximum atomic E-state index is 14.0. The third-order valence-electron chi connectivity index (χ3n) is 7.54. The molecule has 0 spiro atoms. The van der Waals surface area contributed by atoms with E-state index in [1.54, 1.807) is 48.5 Å². The molecule has 1 aliphatic heterocycles. The number of hydrogen-bond donors (Lipinski definition) is 3. The second kappa shape index (κ2) is 14.6. The second-order valence-corrected chi connectivity index (χ2v) is 10.8. The first-order valence-corrected chi connectivity index (χ1v) is 14.4. The van der Waals surface area contributed by atoms with Crippen LogP contribution in [-0.4, -0.2) is 82.5 Å². The molecule has 46 heavy (non-hydrogen) atoms. The lowest BCUT2D eigenvalue weighted by molar-refractivity contribution is -0.239. The van der Waals surface area contributed by atoms with Gasteiger partial charge in [-0.3, -0.25) is 4.79 Å². The Morgan fingerprint density at radius 2 is 1.80 bits per heavy atom. The fourth-order valence-corrected chi connectivity index (χ4v) is 5.37. The highest BCUT2D eigenvalue weighted by atomic mass is 35.5. The van der Waals surface area contributed by atoms with E-state index in [-0.39, 0.29) is 17.9 Å². The number of amides is 1. The first-order valence-electron chi connectivity index (χ1n) is 14.0. The number of benzene rings is 3. The Bertz CT molecular complexity index is 1640. The van der Waals surface area contributed by atoms with Crippen LogP contribution in [0.3, 0.4) is 0 Å². The summed E-state index contributed by atoms with van der Waals surface area (Å²) in [6.07, 6.45) is -5.27. The molecule has 3 aromatic carbocycles. The second-order valence-electron chi connectivity index (χ2n) is 10.4. The van der Waals surface area contributed by atoms with E-state index in [0.717, 1.165) is 12.1 Å². The van der Waals surface area contributed by atoms with Crippen molar-refractivity contribution in [3.63, 3.8) is 0 Å². The molecule has 6 atom stereocenters. The summed E-state index contributed by atoms with van der Waals surface area (Å²) in [5.74, 6) is -4.76. The summed E-state index contributed by atoms with van der Waals surface area (Å²) in [6, 6.07) is 13.8. The summed E-state index contributed by atoms with van der Waals surface area (Å²) >= 11 is 6.02. The molecular weight excluding hydrogens is 633 g/mol. The molecule has 11 nitrogen and oxygen atoms in total. The van der Waals surface area contributed by atoms with Gasteiger partial charge in [0.15, 0.2) is 23.6 Å². The SMILES string of the molecule is COc1ccccc1NC(=O)[C@@H](OCc1ccc(Cl)cc1)[C@@H]1OC(CO)[C@H](O)C(n2cc(-c3cc(F)c(F)c(F)c3)nn2)C1OC. The lowest BCUT2D eigenvalue weighted by Gasteiger charge is -2.45. The lowest BCUT2D eigenvalue weighted by atomic mass is 9.89. The molecule has 0 aliphatic carbocycles. The van der Waals surface area contributed by atoms with Crippen molar-refractivity contribution in [2.45, 2.75) is 43.2 Å². The number of para-hydroxylation sites is 2. The number of aliphatic hydroxyl groups is 2. The summed E-state index contributed by atoms with van der Waals surface area (Å²) in [6.45, 7) is -0.734. The van der Waals surface area contributed by atoms with Crippen LogP contribution in [0.15, 0.2) is 66.9 Å². The Labute approximate surface area is 266 Å². The number of carbonyl (C=O) groups excluding carboxylic acids is 1. The van der Waals surface area contributed by atoms with Crippen molar-refractivity contribution in [2.75, 3.05) is 26.1 Å². The minimum absolute atomic E-state index is 0.0482. The normalized spacial score (nSPS) is 22.0. The maximum Gasteiger partial charge on any atom is 0.256 e. The van der Waals surface area contributed by atoms with Crippen LogP contribution in [-0.2, 0) is 25.6 Å². The fourth-order valence-electron chi connectivity index (χ4n) is 5.24. The van der Waals surface area contributed by atoms with Crippen LogP contribution in [0.25, 0.3) is 11.3 Å². The number of methoxy groups -OCH3 is 2. The van der Waals surface area contributed by atoms with E-state index < -0.39 is 66.5 Å². The molecule has 1 fully saturated rings. The first kappa shape index (κ1) is 33.3. The largest absolute Gasteiger partial charge is 0.495 e. The molecule has 15 heteroatoms. The van der Waals surface area contributed by atoms with E-state index in [2.05, 4.69) is 15.6 Å². The van der Waals surface area contributed by atoms with Gasteiger partial charge in [0, 0.05) is 17.7 Å². The lowest BCUT2D eigenvalue weighted by Crippen LogP contribution is -2.62. The van der Waals surface area contributed by atoms with Gasteiger partial charge in [0.2, 0.25) is 0 Å². The van der Waals surface area contributed by atoms with Crippen molar-refractivity contribution < 1.29 is 47.1 Å². The van der Waals surface area contributed by atoms with E-state index in [9.17, 15) is 28.2 Å². The number of halogens is 4. The fraction of sp³-hybridized carbons (Fsp3) is 0.323. The highest BCUT2D eigenvalue weighted by Gasteiger charge is 2.51. The number of anilines is 1. The van der Waals surface area contributed by atoms with E-state index in [4.69, 9.17) is 30.5 Å². The van der Waals surface area contributed by atoms with E-state index in [0.29, 0.717) is 22.0 Å². The van der Waals surface area contributed by atoms with Gasteiger partial charge in [-0.1, -0.05) is 41.1 Å². The Hall–Kier alpha value is -4.05. The maximum absolute atomic E-state index is 14.0. The summed E-state index contributed by atoms with van der Waals surface area (Å²) in [5.41, 5.74) is 0.857. The van der Waals surface area contributed by atoms with Gasteiger partial charge in [-0.05, 0) is 42.0 Å². The summed E-state index contributed by atoms with van der Waals surface area (Å²) in [7, 11) is 2.76. The molecule has 0 saturated carbocycles. The number of nitrogens with zero attached hydrogens (tertiary/aromatic N) is 3. The van der Waals surface area contributed by atoms with Crippen LogP contribution in [0.2, 0.25) is 5.02 Å². The molecule has 0 radical (unpaired) electrons. The quantitative estimate of drug-likeness (QED) is 0.204. The number of aromatic nitrogens is 3. The Morgan fingerprint density at radius 3 is 2.46 bits per heavy atom. The molecule has 244 valence electrons. The number of hydrogen-bond acceptors (Lipinski definition) is 9. The Morgan fingerprint density at radius 1 is 1.11 bits per heavy atom. The smallest absolute Gasteiger partial charge is 0.256 e. The average Bonchev–Trinajstić information content (AvgIpc) is 3.54. The monoisotopic (exact) mass is 662 g/mol. The highest BCUT2D eigenvalue weighted by molar-refractivity contribution is 6.30. The van der Waals surface area contributed by atoms with Crippen LogP contribution >= 0.6 is 11.6 Å². The highest BCUT2D eigenvalue weighted by Crippen LogP contribution is 2.36. The van der Waals surface area contributed by atoms with Crippen molar-refractivity contribution in [2.24, 2.45) is 0 Å². The summed E-state index contributed by atoms with van der Waals surface area (Å²) in [4.78, 5) is 13.9. The molecule has 1 aromatic heterocycles. The van der Waals surface area contributed by atoms with E-state index >= 15 is 0 Å². The van der Waals surface area contributed by atoms with Gasteiger partial charge in [-0.15, -0.1) is 5.10 Å². The zero-order valence-corrected chi connectivity index (χ0v) is 25.3. The molecule has 1 saturated heterocycles. The molecule has 3 N–H and O–H groups in total. The third kappa shape index (κ3) is 7.02. The number of nitrogens with one attached hydrogen (secondary N) is 1. The summed E-state index contributed by atoms with van der Waals surface area (Å²) < 4.78 is 66.0. The van der Waals surface area contributed by atoms with Crippen molar-refractivity contribution in [3.8, 4) is 17.0 Å². The van der Waals surface area contributed by atoms with Crippen LogP contribution in [0, 0.1) is 17.5 Å². The molecule has 3 unspecified atom stereocenters. The van der Waals surface area contributed by atoms with Crippen LogP contribution in [0.1, 0.15) is 11.6 Å².